The lowest BCUT2D eigenvalue weighted by molar-refractivity contribution is 0.0331. The van der Waals surface area contributed by atoms with Gasteiger partial charge in [-0.15, -0.1) is 0 Å². The first-order valence-electron chi connectivity index (χ1n) is 4.74. The minimum absolute atomic E-state index is 0.0515. The molecule has 0 aromatic heterocycles. The Morgan fingerprint density at radius 3 is 2.62 bits per heavy atom. The lowest BCUT2D eigenvalue weighted by atomic mass is 9.97. The van der Waals surface area contributed by atoms with E-state index in [1.54, 1.807) is 0 Å². The smallest absolute Gasteiger partial charge is 0.160 e. The largest absolute Gasteiger partial charge is 0.389 e. The van der Waals surface area contributed by atoms with E-state index in [1.165, 1.54) is 13.0 Å². The molecule has 2 N–H and O–H groups in total. The lowest BCUT2D eigenvalue weighted by Gasteiger charge is -2.18. The SMILES string of the molecule is CC(=O)c1cc(F)ccc1C(O)C(O)CS. The number of ketones is 1. The molecule has 0 saturated heterocycles. The second-order valence-electron chi connectivity index (χ2n) is 3.48. The average molecular weight is 244 g/mol. The second-order valence-corrected chi connectivity index (χ2v) is 3.85. The van der Waals surface area contributed by atoms with E-state index in [-0.39, 0.29) is 22.7 Å². The zero-order valence-corrected chi connectivity index (χ0v) is 9.62. The van der Waals surface area contributed by atoms with E-state index < -0.39 is 18.0 Å². The van der Waals surface area contributed by atoms with Gasteiger partial charge in [0.15, 0.2) is 5.78 Å². The van der Waals surface area contributed by atoms with E-state index >= 15 is 0 Å². The Morgan fingerprint density at radius 1 is 1.50 bits per heavy atom. The van der Waals surface area contributed by atoms with Gasteiger partial charge < -0.3 is 10.2 Å². The fraction of sp³-hybridized carbons (Fsp3) is 0.364. The van der Waals surface area contributed by atoms with Crippen molar-refractivity contribution < 1.29 is 19.4 Å². The first-order valence-corrected chi connectivity index (χ1v) is 5.38. The molecule has 0 aliphatic carbocycles. The van der Waals surface area contributed by atoms with Crippen LogP contribution in [0.5, 0.6) is 0 Å². The van der Waals surface area contributed by atoms with E-state index in [1.807, 2.05) is 0 Å². The Labute approximate surface area is 98.3 Å². The molecule has 0 radical (unpaired) electrons. The minimum atomic E-state index is -1.24. The Morgan fingerprint density at radius 2 is 2.12 bits per heavy atom. The predicted octanol–water partition coefficient (Wildman–Crippen LogP) is 1.35. The number of carbonyl (C=O) groups excluding carboxylic acids is 1. The van der Waals surface area contributed by atoms with Crippen LogP contribution in [0.1, 0.15) is 28.9 Å². The van der Waals surface area contributed by atoms with Crippen molar-refractivity contribution in [1.82, 2.24) is 0 Å². The number of aliphatic hydroxyl groups excluding tert-OH is 2. The number of rotatable bonds is 4. The quantitative estimate of drug-likeness (QED) is 0.553. The molecule has 16 heavy (non-hydrogen) atoms. The van der Waals surface area contributed by atoms with Crippen LogP contribution in [-0.2, 0) is 0 Å². The highest BCUT2D eigenvalue weighted by Gasteiger charge is 2.21. The van der Waals surface area contributed by atoms with E-state index in [9.17, 15) is 19.4 Å². The number of thiol groups is 1. The molecule has 2 unspecified atom stereocenters. The highest BCUT2D eigenvalue weighted by Crippen LogP contribution is 2.23. The molecule has 0 saturated carbocycles. The van der Waals surface area contributed by atoms with Gasteiger partial charge in [-0.3, -0.25) is 4.79 Å². The Bertz CT molecular complexity index is 395. The number of hydrogen-bond donors (Lipinski definition) is 3. The Hall–Kier alpha value is -0.910. The van der Waals surface area contributed by atoms with Crippen molar-refractivity contribution in [2.75, 3.05) is 5.75 Å². The molecule has 1 aromatic carbocycles. The molecule has 0 heterocycles. The molecule has 0 amide bonds. The molecule has 1 rings (SSSR count). The normalized spacial score (nSPS) is 14.6. The van der Waals surface area contributed by atoms with Crippen LogP contribution < -0.4 is 0 Å². The summed E-state index contributed by atoms with van der Waals surface area (Å²) in [5.41, 5.74) is 0.295. The molecule has 5 heteroatoms. The molecule has 1 aromatic rings. The van der Waals surface area contributed by atoms with Crippen LogP contribution in [0.2, 0.25) is 0 Å². The van der Waals surface area contributed by atoms with Crippen molar-refractivity contribution in [2.45, 2.75) is 19.1 Å². The van der Waals surface area contributed by atoms with Gasteiger partial charge in [0.1, 0.15) is 11.9 Å². The van der Waals surface area contributed by atoms with Crippen LogP contribution in [0.15, 0.2) is 18.2 Å². The summed E-state index contributed by atoms with van der Waals surface area (Å²) in [5, 5.41) is 19.2. The van der Waals surface area contributed by atoms with Gasteiger partial charge in [-0.1, -0.05) is 6.07 Å². The number of halogens is 1. The monoisotopic (exact) mass is 244 g/mol. The Balaban J connectivity index is 3.17. The van der Waals surface area contributed by atoms with E-state index in [4.69, 9.17) is 0 Å². The summed E-state index contributed by atoms with van der Waals surface area (Å²) in [5.74, 6) is -0.864. The molecule has 2 atom stereocenters. The number of aliphatic hydroxyl groups is 2. The third-order valence-electron chi connectivity index (χ3n) is 2.26. The van der Waals surface area contributed by atoms with Crippen molar-refractivity contribution in [2.24, 2.45) is 0 Å². The third-order valence-corrected chi connectivity index (χ3v) is 2.64. The van der Waals surface area contributed by atoms with Crippen LogP contribution in [-0.4, -0.2) is 27.9 Å². The molecule has 0 aliphatic rings. The highest BCUT2D eigenvalue weighted by molar-refractivity contribution is 7.80. The van der Waals surface area contributed by atoms with Gasteiger partial charge >= 0.3 is 0 Å². The summed E-state index contributed by atoms with van der Waals surface area (Å²) in [4.78, 5) is 11.3. The number of carbonyl (C=O) groups is 1. The standard InChI is InChI=1S/C11H13FO3S/c1-6(13)9-4-7(12)2-3-8(9)11(15)10(14)5-16/h2-4,10-11,14-16H,5H2,1H3. The zero-order valence-electron chi connectivity index (χ0n) is 8.72. The summed E-state index contributed by atoms with van der Waals surface area (Å²) in [7, 11) is 0. The molecule has 88 valence electrons. The zero-order chi connectivity index (χ0) is 12.3. The lowest BCUT2D eigenvalue weighted by Crippen LogP contribution is -2.21. The van der Waals surface area contributed by atoms with Crippen LogP contribution in [0.4, 0.5) is 4.39 Å². The fourth-order valence-corrected chi connectivity index (χ4v) is 1.60. The van der Waals surface area contributed by atoms with Crippen molar-refractivity contribution in [1.29, 1.82) is 0 Å². The first-order chi connectivity index (χ1) is 7.47. The van der Waals surface area contributed by atoms with Crippen LogP contribution in [0.25, 0.3) is 0 Å². The second kappa shape index (κ2) is 5.43. The molecule has 0 spiro atoms. The van der Waals surface area contributed by atoms with E-state index in [2.05, 4.69) is 12.6 Å². The van der Waals surface area contributed by atoms with Gasteiger partial charge in [-0.05, 0) is 24.6 Å². The number of benzene rings is 1. The van der Waals surface area contributed by atoms with Crippen LogP contribution >= 0.6 is 12.6 Å². The van der Waals surface area contributed by atoms with Gasteiger partial charge in [0.2, 0.25) is 0 Å². The highest BCUT2D eigenvalue weighted by atomic mass is 32.1. The minimum Gasteiger partial charge on any atom is -0.389 e. The maximum absolute atomic E-state index is 12.9. The van der Waals surface area contributed by atoms with Gasteiger partial charge in [0.25, 0.3) is 0 Å². The summed E-state index contributed by atoms with van der Waals surface area (Å²) >= 11 is 3.84. The van der Waals surface area contributed by atoms with Gasteiger partial charge in [-0.2, -0.15) is 12.6 Å². The van der Waals surface area contributed by atoms with Crippen LogP contribution in [0.3, 0.4) is 0 Å². The first kappa shape index (κ1) is 13.2. The van der Waals surface area contributed by atoms with E-state index in [0.29, 0.717) is 0 Å². The van der Waals surface area contributed by atoms with E-state index in [0.717, 1.165) is 12.1 Å². The maximum atomic E-state index is 12.9. The van der Waals surface area contributed by atoms with Gasteiger partial charge in [-0.25, -0.2) is 4.39 Å². The van der Waals surface area contributed by atoms with Crippen LogP contribution in [0, 0.1) is 5.82 Å². The topological polar surface area (TPSA) is 57.5 Å². The average Bonchev–Trinajstić information content (AvgIpc) is 2.26. The Kier molecular flexibility index (Phi) is 4.46. The fourth-order valence-electron chi connectivity index (χ4n) is 1.40. The molecule has 0 bridgehead atoms. The summed E-state index contributed by atoms with van der Waals surface area (Å²) in [6, 6.07) is 3.48. The maximum Gasteiger partial charge on any atom is 0.160 e. The number of hydrogen-bond acceptors (Lipinski definition) is 4. The molecule has 0 aliphatic heterocycles. The van der Waals surface area contributed by atoms with Crippen molar-refractivity contribution in [3.63, 3.8) is 0 Å². The van der Waals surface area contributed by atoms with Gasteiger partial charge in [0.05, 0.1) is 6.10 Å². The van der Waals surface area contributed by atoms with Crippen molar-refractivity contribution >= 4 is 18.4 Å². The van der Waals surface area contributed by atoms with Crippen molar-refractivity contribution in [3.8, 4) is 0 Å². The summed E-state index contributed by atoms with van der Waals surface area (Å²) in [6.07, 6.45) is -2.33. The molecular formula is C11H13FO3S. The van der Waals surface area contributed by atoms with Crippen molar-refractivity contribution in [3.05, 3.63) is 35.1 Å². The number of Topliss-reactive ketones (excluding diaryl/α,β-unsaturated/α-hetero) is 1. The predicted molar refractivity (Wildman–Crippen MR) is 61.2 cm³/mol. The molecule has 0 fully saturated rings. The molecule has 3 nitrogen and oxygen atoms in total. The summed E-state index contributed by atoms with van der Waals surface area (Å²) in [6.45, 7) is 1.28. The summed E-state index contributed by atoms with van der Waals surface area (Å²) < 4.78 is 12.9. The molecular weight excluding hydrogens is 231 g/mol. The third kappa shape index (κ3) is 2.81. The van der Waals surface area contributed by atoms with Gasteiger partial charge in [0, 0.05) is 11.3 Å².